The van der Waals surface area contributed by atoms with Crippen molar-refractivity contribution >= 4 is 21.6 Å². The van der Waals surface area contributed by atoms with Crippen LogP contribution >= 0.6 is 15.9 Å². The number of nitrogens with one attached hydrogen (secondary N) is 1. The van der Waals surface area contributed by atoms with E-state index < -0.39 is 0 Å². The third-order valence-corrected chi connectivity index (χ3v) is 3.70. The molecule has 2 rings (SSSR count). The largest absolute Gasteiger partial charge is 0.377 e. The van der Waals surface area contributed by atoms with Crippen molar-refractivity contribution in [1.29, 1.82) is 5.26 Å². The van der Waals surface area contributed by atoms with Gasteiger partial charge in [-0.3, -0.25) is 0 Å². The summed E-state index contributed by atoms with van der Waals surface area (Å²) in [6.45, 7) is 2.17. The van der Waals surface area contributed by atoms with Gasteiger partial charge < -0.3 is 5.32 Å². The van der Waals surface area contributed by atoms with Crippen LogP contribution in [0.1, 0.15) is 36.9 Å². The Morgan fingerprint density at radius 3 is 2.60 bits per heavy atom. The maximum Gasteiger partial charge on any atom is 0.101 e. The molecule has 20 heavy (non-hydrogen) atoms. The zero-order valence-corrected chi connectivity index (χ0v) is 13.0. The molecule has 0 aliphatic rings. The molecule has 2 aromatic rings. The number of nitriles is 1. The Balaban J connectivity index is 2.29. The maximum absolute atomic E-state index is 9.22. The van der Waals surface area contributed by atoms with Crippen LogP contribution in [0.2, 0.25) is 0 Å². The van der Waals surface area contributed by atoms with E-state index in [0.29, 0.717) is 5.56 Å². The zero-order valence-electron chi connectivity index (χ0n) is 11.4. The molecular formula is C17H17BrN2. The molecular weight excluding hydrogens is 312 g/mol. The molecule has 0 saturated heterocycles. The quantitative estimate of drug-likeness (QED) is 0.811. The minimum Gasteiger partial charge on any atom is -0.377 e. The van der Waals surface area contributed by atoms with Crippen molar-refractivity contribution < 1.29 is 0 Å². The van der Waals surface area contributed by atoms with E-state index in [1.165, 1.54) is 5.56 Å². The van der Waals surface area contributed by atoms with Crippen molar-refractivity contribution in [3.05, 3.63) is 64.1 Å². The molecule has 0 spiro atoms. The van der Waals surface area contributed by atoms with Crippen LogP contribution in [0.3, 0.4) is 0 Å². The molecule has 0 saturated carbocycles. The lowest BCUT2D eigenvalue weighted by Gasteiger charge is -2.21. The molecule has 3 heteroatoms. The number of rotatable bonds is 5. The highest BCUT2D eigenvalue weighted by molar-refractivity contribution is 9.10. The molecule has 1 atom stereocenters. The fourth-order valence-corrected chi connectivity index (χ4v) is 2.58. The lowest BCUT2D eigenvalue weighted by Crippen LogP contribution is -2.11. The van der Waals surface area contributed by atoms with Crippen LogP contribution in [0.5, 0.6) is 0 Å². The summed E-state index contributed by atoms with van der Waals surface area (Å²) >= 11 is 3.46. The number of benzene rings is 2. The summed E-state index contributed by atoms with van der Waals surface area (Å²) in [5.74, 6) is 0. The summed E-state index contributed by atoms with van der Waals surface area (Å²) in [6.07, 6.45) is 2.11. The first-order valence-electron chi connectivity index (χ1n) is 6.75. The standard InChI is InChI=1S/C17H17BrN2/c1-2-6-16(13-7-4-3-5-8-13)20-17-11-15(18)10-9-14(17)12-19/h3-5,7-11,16,20H,2,6H2,1H3. The molecule has 0 bridgehead atoms. The molecule has 0 fully saturated rings. The van der Waals surface area contributed by atoms with Gasteiger partial charge in [-0.2, -0.15) is 5.26 Å². The minimum atomic E-state index is 0.225. The fraction of sp³-hybridized carbons (Fsp3) is 0.235. The summed E-state index contributed by atoms with van der Waals surface area (Å²) in [5.41, 5.74) is 2.80. The SMILES string of the molecule is CCCC(Nc1cc(Br)ccc1C#N)c1ccccc1. The third-order valence-electron chi connectivity index (χ3n) is 3.21. The molecule has 1 N–H and O–H groups in total. The van der Waals surface area contributed by atoms with Crippen molar-refractivity contribution in [2.24, 2.45) is 0 Å². The Labute approximate surface area is 128 Å². The number of halogens is 1. The number of anilines is 1. The first kappa shape index (κ1) is 14.6. The molecule has 0 heterocycles. The zero-order chi connectivity index (χ0) is 14.4. The van der Waals surface area contributed by atoms with Gasteiger partial charge in [0.2, 0.25) is 0 Å². The topological polar surface area (TPSA) is 35.8 Å². The van der Waals surface area contributed by atoms with Crippen LogP contribution in [0, 0.1) is 11.3 Å². The summed E-state index contributed by atoms with van der Waals surface area (Å²) in [5, 5.41) is 12.7. The second kappa shape index (κ2) is 7.12. The van der Waals surface area contributed by atoms with Crippen molar-refractivity contribution in [3.63, 3.8) is 0 Å². The van der Waals surface area contributed by atoms with Gasteiger partial charge in [-0.15, -0.1) is 0 Å². The molecule has 0 radical (unpaired) electrons. The van der Waals surface area contributed by atoms with Gasteiger partial charge >= 0.3 is 0 Å². The Hall–Kier alpha value is -1.79. The lowest BCUT2D eigenvalue weighted by atomic mass is 10.0. The van der Waals surface area contributed by atoms with E-state index in [1.807, 2.05) is 36.4 Å². The monoisotopic (exact) mass is 328 g/mol. The minimum absolute atomic E-state index is 0.225. The van der Waals surface area contributed by atoms with Crippen LogP contribution in [0.4, 0.5) is 5.69 Å². The van der Waals surface area contributed by atoms with E-state index in [2.05, 4.69) is 46.4 Å². The van der Waals surface area contributed by atoms with Crippen LogP contribution in [0.25, 0.3) is 0 Å². The highest BCUT2D eigenvalue weighted by atomic mass is 79.9. The summed E-state index contributed by atoms with van der Waals surface area (Å²) in [7, 11) is 0. The van der Waals surface area contributed by atoms with Crippen molar-refractivity contribution in [3.8, 4) is 6.07 Å². The van der Waals surface area contributed by atoms with Gasteiger partial charge in [-0.05, 0) is 30.2 Å². The summed E-state index contributed by atoms with van der Waals surface area (Å²) < 4.78 is 0.974. The average molecular weight is 329 g/mol. The molecule has 0 aliphatic heterocycles. The molecule has 0 amide bonds. The summed E-state index contributed by atoms with van der Waals surface area (Å²) in [6, 6.07) is 18.5. The highest BCUT2D eigenvalue weighted by Crippen LogP contribution is 2.28. The Morgan fingerprint density at radius 1 is 1.20 bits per heavy atom. The van der Waals surface area contributed by atoms with Crippen LogP contribution in [0.15, 0.2) is 53.0 Å². The van der Waals surface area contributed by atoms with Gasteiger partial charge in [0.1, 0.15) is 6.07 Å². The summed E-state index contributed by atoms with van der Waals surface area (Å²) in [4.78, 5) is 0. The van der Waals surface area contributed by atoms with Crippen LogP contribution in [-0.4, -0.2) is 0 Å². The smallest absolute Gasteiger partial charge is 0.101 e. The van der Waals surface area contributed by atoms with Gasteiger partial charge in [-0.1, -0.05) is 59.6 Å². The van der Waals surface area contributed by atoms with Crippen molar-refractivity contribution in [2.75, 3.05) is 5.32 Å². The second-order valence-corrected chi connectivity index (χ2v) is 5.61. The number of nitrogens with zero attached hydrogens (tertiary/aromatic N) is 1. The number of hydrogen-bond acceptors (Lipinski definition) is 2. The highest BCUT2D eigenvalue weighted by Gasteiger charge is 2.12. The molecule has 2 nitrogen and oxygen atoms in total. The Kier molecular flexibility index (Phi) is 5.20. The van der Waals surface area contributed by atoms with Gasteiger partial charge in [0.05, 0.1) is 17.3 Å². The van der Waals surface area contributed by atoms with Crippen LogP contribution < -0.4 is 5.32 Å². The lowest BCUT2D eigenvalue weighted by molar-refractivity contribution is 0.677. The van der Waals surface area contributed by atoms with E-state index >= 15 is 0 Å². The van der Waals surface area contributed by atoms with Crippen molar-refractivity contribution in [1.82, 2.24) is 0 Å². The maximum atomic E-state index is 9.22. The van der Waals surface area contributed by atoms with Gasteiger partial charge in [0.25, 0.3) is 0 Å². The van der Waals surface area contributed by atoms with E-state index in [4.69, 9.17) is 0 Å². The van der Waals surface area contributed by atoms with Crippen LogP contribution in [-0.2, 0) is 0 Å². The normalized spacial score (nSPS) is 11.7. The molecule has 2 aromatic carbocycles. The molecule has 1 unspecified atom stereocenters. The predicted molar refractivity (Wildman–Crippen MR) is 86.6 cm³/mol. The van der Waals surface area contributed by atoms with E-state index in [9.17, 15) is 5.26 Å². The average Bonchev–Trinajstić information content (AvgIpc) is 2.48. The molecule has 0 aromatic heterocycles. The first-order valence-corrected chi connectivity index (χ1v) is 7.55. The van der Waals surface area contributed by atoms with Gasteiger partial charge in [-0.25, -0.2) is 0 Å². The fourth-order valence-electron chi connectivity index (χ4n) is 2.22. The van der Waals surface area contributed by atoms with E-state index in [-0.39, 0.29) is 6.04 Å². The second-order valence-electron chi connectivity index (χ2n) is 4.70. The van der Waals surface area contributed by atoms with E-state index in [0.717, 1.165) is 23.0 Å². The Morgan fingerprint density at radius 2 is 1.95 bits per heavy atom. The Bertz CT molecular complexity index is 602. The first-order chi connectivity index (χ1) is 9.74. The predicted octanol–water partition coefficient (Wildman–Crippen LogP) is 5.27. The molecule has 0 aliphatic carbocycles. The van der Waals surface area contributed by atoms with Gasteiger partial charge in [0.15, 0.2) is 0 Å². The van der Waals surface area contributed by atoms with E-state index in [1.54, 1.807) is 0 Å². The number of hydrogen-bond donors (Lipinski definition) is 1. The third kappa shape index (κ3) is 3.61. The van der Waals surface area contributed by atoms with Crippen molar-refractivity contribution in [2.45, 2.75) is 25.8 Å². The van der Waals surface area contributed by atoms with Gasteiger partial charge in [0, 0.05) is 4.47 Å². The molecule has 102 valence electrons.